The number of carbonyl (C=O) groups excluding carboxylic acids is 2. The number of aliphatic hydroxyl groups excluding tert-OH is 3. The first-order valence-electron chi connectivity index (χ1n) is 10.8. The molecule has 11 heteroatoms. The van der Waals surface area contributed by atoms with Gasteiger partial charge < -0.3 is 39.4 Å². The maximum Gasteiger partial charge on any atom is 0.342 e. The Morgan fingerprint density at radius 3 is 2.65 bits per heavy atom. The number of allylic oxidation sites excluding steroid dienone is 3. The number of esters is 1. The SMILES string of the molecule is C[C@@H]1C[C@H]2O[C@@H]2/C=C\C=C\C(=O)Cc2c(Cl)c(O[C@H]3O[C@@H](CO)[C@H](O)[C@@H]3O)cc(O)c2C(=O)O1. The Hall–Kier alpha value is -2.47. The number of phenols is 1. The highest BCUT2D eigenvalue weighted by Crippen LogP contribution is 2.40. The lowest BCUT2D eigenvalue weighted by Gasteiger charge is -2.21. The topological polar surface area (TPSA) is 155 Å². The van der Waals surface area contributed by atoms with E-state index in [1.807, 2.05) is 0 Å². The fourth-order valence-corrected chi connectivity index (χ4v) is 4.20. The van der Waals surface area contributed by atoms with E-state index in [0.29, 0.717) is 6.42 Å². The standard InChI is InChI=1S/C23H25ClO10/c1-10-6-15-14(32-15)5-3-2-4-11(26)7-12-18(22(30)31-10)13(27)8-16(19(12)24)33-23-21(29)20(28)17(9-25)34-23/h2-5,8,10,14-15,17,20-21,23,25,27-29H,6-7,9H2,1H3/b4-2+,5-3-/t10-,14-,15-,17+,20+,21+,23+/m1/s1. The van der Waals surface area contributed by atoms with E-state index in [9.17, 15) is 30.0 Å². The lowest BCUT2D eigenvalue weighted by Crippen LogP contribution is -2.35. The van der Waals surface area contributed by atoms with E-state index in [4.69, 9.17) is 30.5 Å². The number of hydrogen-bond acceptors (Lipinski definition) is 10. The average molecular weight is 497 g/mol. The summed E-state index contributed by atoms with van der Waals surface area (Å²) >= 11 is 6.48. The van der Waals surface area contributed by atoms with Crippen molar-refractivity contribution in [1.82, 2.24) is 0 Å². The lowest BCUT2D eigenvalue weighted by atomic mass is 9.99. The van der Waals surface area contributed by atoms with E-state index in [1.165, 1.54) is 6.08 Å². The Morgan fingerprint density at radius 1 is 1.18 bits per heavy atom. The molecule has 2 saturated heterocycles. The first-order chi connectivity index (χ1) is 16.2. The molecular formula is C23H25ClO10. The van der Waals surface area contributed by atoms with Crippen LogP contribution in [0.1, 0.15) is 29.3 Å². The highest BCUT2D eigenvalue weighted by atomic mass is 35.5. The molecule has 184 valence electrons. The van der Waals surface area contributed by atoms with Crippen LogP contribution in [0.4, 0.5) is 0 Å². The van der Waals surface area contributed by atoms with Gasteiger partial charge in [0.1, 0.15) is 47.6 Å². The first kappa shape index (κ1) is 24.6. The minimum absolute atomic E-state index is 0.0307. The van der Waals surface area contributed by atoms with Gasteiger partial charge in [-0.2, -0.15) is 0 Å². The van der Waals surface area contributed by atoms with E-state index < -0.39 is 54.8 Å². The Morgan fingerprint density at radius 2 is 1.94 bits per heavy atom. The van der Waals surface area contributed by atoms with Gasteiger partial charge in [0.15, 0.2) is 5.78 Å². The predicted molar refractivity (Wildman–Crippen MR) is 117 cm³/mol. The van der Waals surface area contributed by atoms with Crippen LogP contribution in [-0.4, -0.2) is 81.7 Å². The smallest absolute Gasteiger partial charge is 0.342 e. The Labute approximate surface area is 199 Å². The minimum Gasteiger partial charge on any atom is -0.507 e. The largest absolute Gasteiger partial charge is 0.507 e. The van der Waals surface area contributed by atoms with Crippen LogP contribution in [0.2, 0.25) is 5.02 Å². The average Bonchev–Trinajstić information content (AvgIpc) is 3.46. The summed E-state index contributed by atoms with van der Waals surface area (Å²) in [6.45, 7) is 1.13. The van der Waals surface area contributed by atoms with Gasteiger partial charge in [0.2, 0.25) is 6.29 Å². The third-order valence-corrected chi connectivity index (χ3v) is 6.21. The van der Waals surface area contributed by atoms with Crippen molar-refractivity contribution >= 4 is 23.4 Å². The number of aliphatic hydroxyl groups is 3. The lowest BCUT2D eigenvalue weighted by molar-refractivity contribution is -0.116. The monoisotopic (exact) mass is 496 g/mol. The Bertz CT molecular complexity index is 1020. The molecule has 0 spiro atoms. The van der Waals surface area contributed by atoms with Crippen LogP contribution in [0.3, 0.4) is 0 Å². The Balaban J connectivity index is 1.68. The summed E-state index contributed by atoms with van der Waals surface area (Å²) in [5.41, 5.74) is -0.315. The number of rotatable bonds is 3. The van der Waals surface area contributed by atoms with Gasteiger partial charge in [-0.15, -0.1) is 0 Å². The molecule has 0 saturated carbocycles. The third-order valence-electron chi connectivity index (χ3n) is 5.79. The zero-order chi connectivity index (χ0) is 24.6. The van der Waals surface area contributed by atoms with Crippen LogP contribution < -0.4 is 4.74 Å². The summed E-state index contributed by atoms with van der Waals surface area (Å²) in [7, 11) is 0. The van der Waals surface area contributed by atoms with Crippen LogP contribution in [0.15, 0.2) is 30.4 Å². The van der Waals surface area contributed by atoms with Crippen molar-refractivity contribution in [2.75, 3.05) is 6.61 Å². The number of ketones is 1. The van der Waals surface area contributed by atoms with Gasteiger partial charge in [-0.3, -0.25) is 4.79 Å². The molecule has 0 aliphatic carbocycles. The molecule has 7 atom stereocenters. The molecule has 0 radical (unpaired) electrons. The summed E-state index contributed by atoms with van der Waals surface area (Å²) in [5, 5.41) is 39.8. The molecular weight excluding hydrogens is 472 g/mol. The second-order valence-electron chi connectivity index (χ2n) is 8.36. The van der Waals surface area contributed by atoms with Crippen molar-refractivity contribution in [2.45, 2.75) is 62.7 Å². The molecule has 0 unspecified atom stereocenters. The molecule has 2 fully saturated rings. The molecule has 0 amide bonds. The van der Waals surface area contributed by atoms with Crippen molar-refractivity contribution < 1.29 is 49.0 Å². The number of epoxide rings is 1. The number of fused-ring (bicyclic) bond motifs is 2. The number of ether oxygens (including phenoxy) is 4. The van der Waals surface area contributed by atoms with E-state index in [2.05, 4.69) is 0 Å². The first-order valence-corrected chi connectivity index (χ1v) is 11.1. The summed E-state index contributed by atoms with van der Waals surface area (Å²) in [6, 6.07) is 1.04. The maximum atomic E-state index is 12.9. The number of cyclic esters (lactones) is 1. The van der Waals surface area contributed by atoms with Crippen LogP contribution in [0.25, 0.3) is 0 Å². The molecule has 34 heavy (non-hydrogen) atoms. The normalized spacial score (nSPS) is 35.5. The summed E-state index contributed by atoms with van der Waals surface area (Å²) in [5.74, 6) is -2.03. The third kappa shape index (κ3) is 5.12. The number of aromatic hydroxyl groups is 1. The molecule has 3 heterocycles. The zero-order valence-corrected chi connectivity index (χ0v) is 18.9. The molecule has 4 N–H and O–H groups in total. The molecule has 1 aromatic carbocycles. The molecule has 0 aromatic heterocycles. The van der Waals surface area contributed by atoms with Gasteiger partial charge in [-0.1, -0.05) is 29.8 Å². The number of halogens is 1. The van der Waals surface area contributed by atoms with Crippen molar-refractivity contribution in [3.05, 3.63) is 46.5 Å². The quantitative estimate of drug-likeness (QED) is 0.349. The van der Waals surface area contributed by atoms with Crippen LogP contribution in [-0.2, 0) is 25.4 Å². The van der Waals surface area contributed by atoms with E-state index in [0.717, 1.165) is 6.07 Å². The highest BCUT2D eigenvalue weighted by molar-refractivity contribution is 6.33. The molecule has 4 rings (SSSR count). The second-order valence-corrected chi connectivity index (χ2v) is 8.74. The second kappa shape index (κ2) is 10.0. The highest BCUT2D eigenvalue weighted by Gasteiger charge is 2.44. The van der Waals surface area contributed by atoms with Gasteiger partial charge in [0.05, 0.1) is 17.7 Å². The van der Waals surface area contributed by atoms with Gasteiger partial charge in [-0.05, 0) is 13.0 Å². The van der Waals surface area contributed by atoms with Crippen molar-refractivity contribution in [2.24, 2.45) is 0 Å². The van der Waals surface area contributed by atoms with Gasteiger partial charge in [-0.25, -0.2) is 4.79 Å². The van der Waals surface area contributed by atoms with Gasteiger partial charge in [0, 0.05) is 24.5 Å². The van der Waals surface area contributed by atoms with Gasteiger partial charge >= 0.3 is 5.97 Å². The van der Waals surface area contributed by atoms with E-state index in [-0.39, 0.29) is 40.5 Å². The summed E-state index contributed by atoms with van der Waals surface area (Å²) in [4.78, 5) is 25.5. The fraction of sp³-hybridized carbons (Fsp3) is 0.478. The van der Waals surface area contributed by atoms with Crippen LogP contribution in [0.5, 0.6) is 11.5 Å². The van der Waals surface area contributed by atoms with Crippen molar-refractivity contribution in [1.29, 1.82) is 0 Å². The predicted octanol–water partition coefficient (Wildman–Crippen LogP) is 0.804. The molecule has 3 aliphatic heterocycles. The minimum atomic E-state index is -1.51. The van der Waals surface area contributed by atoms with E-state index >= 15 is 0 Å². The summed E-state index contributed by atoms with van der Waals surface area (Å²) < 4.78 is 21.8. The van der Waals surface area contributed by atoms with Crippen molar-refractivity contribution in [3.8, 4) is 11.5 Å². The Kier molecular flexibility index (Phi) is 7.27. The molecule has 3 aliphatic rings. The number of hydrogen-bond donors (Lipinski definition) is 4. The molecule has 0 bridgehead atoms. The van der Waals surface area contributed by atoms with Gasteiger partial charge in [0.25, 0.3) is 0 Å². The van der Waals surface area contributed by atoms with Crippen LogP contribution in [0, 0.1) is 0 Å². The van der Waals surface area contributed by atoms with Crippen molar-refractivity contribution in [3.63, 3.8) is 0 Å². The fourth-order valence-electron chi connectivity index (χ4n) is 3.94. The maximum absolute atomic E-state index is 12.9. The number of benzene rings is 1. The zero-order valence-electron chi connectivity index (χ0n) is 18.2. The molecule has 10 nitrogen and oxygen atoms in total. The number of phenolic OH excluding ortho intramolecular Hbond substituents is 1. The molecule has 1 aromatic rings. The number of carbonyl (C=O) groups is 2. The van der Waals surface area contributed by atoms with Crippen LogP contribution >= 0.6 is 11.6 Å². The summed E-state index contributed by atoms with van der Waals surface area (Å²) in [6.07, 6.45) is 0.217. The van der Waals surface area contributed by atoms with E-state index in [1.54, 1.807) is 25.2 Å².